The van der Waals surface area contributed by atoms with Crippen LogP contribution in [0.5, 0.6) is 0 Å². The van der Waals surface area contributed by atoms with Gasteiger partial charge in [0, 0.05) is 37.0 Å². The molecular formula is C20H33ClN4O3S. The van der Waals surface area contributed by atoms with Gasteiger partial charge in [0.25, 0.3) is 0 Å². The van der Waals surface area contributed by atoms with E-state index < -0.39 is 9.84 Å². The molecule has 1 aliphatic rings. The number of benzene rings is 1. The molecule has 1 aromatic rings. The van der Waals surface area contributed by atoms with E-state index in [0.29, 0.717) is 37.2 Å². The van der Waals surface area contributed by atoms with Crippen molar-refractivity contribution >= 4 is 27.4 Å². The van der Waals surface area contributed by atoms with Gasteiger partial charge in [0.1, 0.15) is 9.84 Å². The number of rotatable bonds is 9. The average Bonchev–Trinajstić information content (AvgIpc) is 2.68. The number of sulfone groups is 1. The topological polar surface area (TPSA) is 83.0 Å². The Balaban J connectivity index is 2.10. The summed E-state index contributed by atoms with van der Waals surface area (Å²) in [6.07, 6.45) is 1.80. The van der Waals surface area contributed by atoms with Gasteiger partial charge >= 0.3 is 0 Å². The van der Waals surface area contributed by atoms with Crippen LogP contribution in [0.25, 0.3) is 0 Å². The molecule has 0 aromatic heterocycles. The second-order valence-electron chi connectivity index (χ2n) is 7.40. The molecule has 1 aromatic carbocycles. The van der Waals surface area contributed by atoms with Gasteiger partial charge in [0.05, 0.1) is 31.6 Å². The largest absolute Gasteiger partial charge is 0.379 e. The van der Waals surface area contributed by atoms with E-state index in [1.807, 2.05) is 38.1 Å². The Bertz CT molecular complexity index is 749. The Morgan fingerprint density at radius 1 is 1.28 bits per heavy atom. The molecule has 2 N–H and O–H groups in total. The zero-order chi connectivity index (χ0) is 21.3. The van der Waals surface area contributed by atoms with Gasteiger partial charge < -0.3 is 15.4 Å². The molecule has 2 rings (SSSR count). The van der Waals surface area contributed by atoms with Gasteiger partial charge in [-0.2, -0.15) is 0 Å². The van der Waals surface area contributed by atoms with E-state index >= 15 is 0 Å². The van der Waals surface area contributed by atoms with Crippen molar-refractivity contribution in [2.45, 2.75) is 32.4 Å². The lowest BCUT2D eigenvalue weighted by molar-refractivity contribution is 0.0179. The van der Waals surface area contributed by atoms with Gasteiger partial charge in [-0.3, -0.25) is 9.89 Å². The molecule has 1 fully saturated rings. The lowest BCUT2D eigenvalue weighted by Crippen LogP contribution is -2.44. The van der Waals surface area contributed by atoms with Crippen molar-refractivity contribution in [1.82, 2.24) is 15.5 Å². The Morgan fingerprint density at radius 3 is 2.52 bits per heavy atom. The Morgan fingerprint density at radius 2 is 1.93 bits per heavy atom. The molecule has 9 heteroatoms. The zero-order valence-electron chi connectivity index (χ0n) is 17.5. The van der Waals surface area contributed by atoms with Crippen LogP contribution in [-0.4, -0.2) is 76.7 Å². The molecule has 164 valence electrons. The zero-order valence-corrected chi connectivity index (χ0v) is 19.1. The van der Waals surface area contributed by atoms with Gasteiger partial charge in [-0.15, -0.1) is 0 Å². The number of ether oxygens (including phenoxy) is 1. The van der Waals surface area contributed by atoms with Crippen LogP contribution in [-0.2, 0) is 14.6 Å². The highest BCUT2D eigenvalue weighted by Crippen LogP contribution is 2.24. The fourth-order valence-electron chi connectivity index (χ4n) is 3.20. The molecule has 0 radical (unpaired) electrons. The van der Waals surface area contributed by atoms with Crippen LogP contribution in [0.1, 0.15) is 31.9 Å². The van der Waals surface area contributed by atoms with Crippen molar-refractivity contribution in [3.63, 3.8) is 0 Å². The molecule has 0 bridgehead atoms. The number of halogens is 1. The van der Waals surface area contributed by atoms with Crippen molar-refractivity contribution in [2.75, 3.05) is 51.4 Å². The van der Waals surface area contributed by atoms with Crippen molar-refractivity contribution in [2.24, 2.45) is 4.99 Å². The molecule has 0 spiro atoms. The summed E-state index contributed by atoms with van der Waals surface area (Å²) in [5, 5.41) is 7.29. The lowest BCUT2D eigenvalue weighted by atomic mass is 10.0. The van der Waals surface area contributed by atoms with Crippen molar-refractivity contribution in [1.29, 1.82) is 0 Å². The summed E-state index contributed by atoms with van der Waals surface area (Å²) in [5.41, 5.74) is 1.17. The van der Waals surface area contributed by atoms with E-state index in [4.69, 9.17) is 21.3 Å². The Labute approximate surface area is 179 Å². The number of nitrogens with zero attached hydrogens (tertiary/aromatic N) is 2. The van der Waals surface area contributed by atoms with Crippen molar-refractivity contribution < 1.29 is 13.2 Å². The van der Waals surface area contributed by atoms with E-state index in [2.05, 4.69) is 15.5 Å². The lowest BCUT2D eigenvalue weighted by Gasteiger charge is -2.34. The van der Waals surface area contributed by atoms with E-state index in [9.17, 15) is 8.42 Å². The summed E-state index contributed by atoms with van der Waals surface area (Å²) < 4.78 is 28.3. The third-order valence-electron chi connectivity index (χ3n) is 4.81. The summed E-state index contributed by atoms with van der Waals surface area (Å²) >= 11 is 6.07. The predicted octanol–water partition coefficient (Wildman–Crippen LogP) is 2.09. The smallest absolute Gasteiger partial charge is 0.191 e. The van der Waals surface area contributed by atoms with E-state index in [1.165, 1.54) is 11.8 Å². The average molecular weight is 445 g/mol. The summed E-state index contributed by atoms with van der Waals surface area (Å²) in [4.78, 5) is 7.18. The van der Waals surface area contributed by atoms with Crippen LogP contribution in [0, 0.1) is 0 Å². The van der Waals surface area contributed by atoms with Crippen LogP contribution in [0.3, 0.4) is 0 Å². The molecule has 1 aliphatic heterocycles. The third-order valence-corrected chi connectivity index (χ3v) is 6.04. The van der Waals surface area contributed by atoms with Crippen LogP contribution in [0.4, 0.5) is 0 Å². The monoisotopic (exact) mass is 444 g/mol. The summed E-state index contributed by atoms with van der Waals surface area (Å²) in [6, 6.07) is 8.04. The second kappa shape index (κ2) is 11.7. The fraction of sp³-hybridized carbons (Fsp3) is 0.650. The van der Waals surface area contributed by atoms with Gasteiger partial charge in [-0.05, 0) is 38.0 Å². The summed E-state index contributed by atoms with van der Waals surface area (Å²) in [7, 11) is -2.98. The summed E-state index contributed by atoms with van der Waals surface area (Å²) in [5.74, 6) is 0.850. The number of aliphatic imine (C=N–C) groups is 1. The molecule has 1 saturated heterocycles. The maximum Gasteiger partial charge on any atom is 0.191 e. The number of morpholine rings is 1. The van der Waals surface area contributed by atoms with Crippen LogP contribution < -0.4 is 10.6 Å². The van der Waals surface area contributed by atoms with Gasteiger partial charge in [-0.1, -0.05) is 23.7 Å². The van der Waals surface area contributed by atoms with E-state index in [-0.39, 0.29) is 17.8 Å². The highest BCUT2D eigenvalue weighted by molar-refractivity contribution is 7.90. The molecule has 0 saturated carbocycles. The first kappa shape index (κ1) is 23.9. The first-order valence-corrected chi connectivity index (χ1v) is 12.5. The van der Waals surface area contributed by atoms with Gasteiger partial charge in [0.15, 0.2) is 5.96 Å². The molecule has 0 amide bonds. The second-order valence-corrected chi connectivity index (χ2v) is 10.1. The molecular weight excluding hydrogens is 412 g/mol. The van der Waals surface area contributed by atoms with Crippen molar-refractivity contribution in [3.05, 3.63) is 34.9 Å². The molecule has 1 heterocycles. The molecule has 2 unspecified atom stereocenters. The Kier molecular flexibility index (Phi) is 9.68. The van der Waals surface area contributed by atoms with Gasteiger partial charge in [-0.25, -0.2) is 8.42 Å². The normalized spacial score (nSPS) is 18.3. The van der Waals surface area contributed by atoms with E-state index in [1.54, 1.807) is 0 Å². The molecule has 29 heavy (non-hydrogen) atoms. The molecule has 7 nitrogen and oxygen atoms in total. The van der Waals surface area contributed by atoms with Crippen LogP contribution in [0.2, 0.25) is 5.02 Å². The highest BCUT2D eigenvalue weighted by Gasteiger charge is 2.23. The maximum absolute atomic E-state index is 11.4. The first-order chi connectivity index (χ1) is 13.8. The standard InChI is InChI=1S/C20H33ClN4O3S/c1-4-22-20(24-16(2)9-14-29(3,26)27)23-15-19(25-10-12-28-13-11-25)17-5-7-18(21)8-6-17/h5-8,16,19H,4,9-15H2,1-3H3,(H2,22,23,24). The molecule has 0 aliphatic carbocycles. The number of hydrogen-bond donors (Lipinski definition) is 2. The first-order valence-electron chi connectivity index (χ1n) is 10.1. The summed E-state index contributed by atoms with van der Waals surface area (Å²) in [6.45, 7) is 8.44. The Hall–Kier alpha value is -1.35. The number of guanidine groups is 1. The van der Waals surface area contributed by atoms with Crippen molar-refractivity contribution in [3.8, 4) is 0 Å². The van der Waals surface area contributed by atoms with Crippen LogP contribution >= 0.6 is 11.6 Å². The minimum atomic E-state index is -2.98. The maximum atomic E-state index is 11.4. The third kappa shape index (κ3) is 8.90. The quantitative estimate of drug-likeness (QED) is 0.448. The number of nitrogens with one attached hydrogen (secondary N) is 2. The van der Waals surface area contributed by atoms with Crippen LogP contribution in [0.15, 0.2) is 29.3 Å². The number of hydrogen-bond acceptors (Lipinski definition) is 5. The minimum absolute atomic E-state index is 0.0000985. The SMILES string of the molecule is CCNC(=NCC(c1ccc(Cl)cc1)N1CCOCC1)NC(C)CCS(C)(=O)=O. The van der Waals surface area contributed by atoms with E-state index in [0.717, 1.165) is 19.6 Å². The fourth-order valence-corrected chi connectivity index (χ4v) is 4.11. The van der Waals surface area contributed by atoms with Gasteiger partial charge in [0.2, 0.25) is 0 Å². The highest BCUT2D eigenvalue weighted by atomic mass is 35.5. The molecule has 2 atom stereocenters. The predicted molar refractivity (Wildman–Crippen MR) is 119 cm³/mol. The minimum Gasteiger partial charge on any atom is -0.379 e.